The number of para-hydroxylation sites is 1. The van der Waals surface area contributed by atoms with Crippen molar-refractivity contribution in [1.29, 1.82) is 0 Å². The number of aryl methyl sites for hydroxylation is 4. The highest BCUT2D eigenvalue weighted by Crippen LogP contribution is 2.22. The van der Waals surface area contributed by atoms with Crippen molar-refractivity contribution in [2.45, 2.75) is 53.4 Å². The molecule has 0 radical (unpaired) electrons. The Morgan fingerprint density at radius 3 is 2.10 bits per heavy atom. The molecule has 0 saturated carbocycles. The zero-order valence-electron chi connectivity index (χ0n) is 18.1. The first-order valence-electron chi connectivity index (χ1n) is 10.3. The van der Waals surface area contributed by atoms with E-state index in [0.717, 1.165) is 40.8 Å². The Morgan fingerprint density at radius 1 is 0.833 bits per heavy atom. The fraction of sp³-hybridized carbons (Fsp3) is 0.375. The number of carbonyl (C=O) groups is 3. The summed E-state index contributed by atoms with van der Waals surface area (Å²) < 4.78 is 5.03. The van der Waals surface area contributed by atoms with Gasteiger partial charge in [0.15, 0.2) is 6.61 Å². The van der Waals surface area contributed by atoms with Crippen LogP contribution in [0, 0.1) is 13.8 Å². The largest absolute Gasteiger partial charge is 0.456 e. The van der Waals surface area contributed by atoms with Gasteiger partial charge in [-0.05, 0) is 61.1 Å². The summed E-state index contributed by atoms with van der Waals surface area (Å²) in [5, 5.41) is 5.61. The number of anilines is 2. The molecule has 2 rings (SSSR count). The second-order valence-corrected chi connectivity index (χ2v) is 7.21. The van der Waals surface area contributed by atoms with Gasteiger partial charge >= 0.3 is 5.97 Å². The molecule has 0 aromatic heterocycles. The molecule has 0 bridgehead atoms. The second-order valence-electron chi connectivity index (χ2n) is 7.21. The van der Waals surface area contributed by atoms with E-state index >= 15 is 0 Å². The third kappa shape index (κ3) is 6.72. The van der Waals surface area contributed by atoms with Crippen molar-refractivity contribution < 1.29 is 19.1 Å². The fourth-order valence-electron chi connectivity index (χ4n) is 3.06. The van der Waals surface area contributed by atoms with Gasteiger partial charge in [-0.25, -0.2) is 0 Å². The molecule has 0 atom stereocenters. The molecule has 30 heavy (non-hydrogen) atoms. The van der Waals surface area contributed by atoms with E-state index in [1.54, 1.807) is 0 Å². The van der Waals surface area contributed by atoms with Crippen LogP contribution in [0.3, 0.4) is 0 Å². The molecule has 0 spiro atoms. The van der Waals surface area contributed by atoms with E-state index < -0.39 is 11.9 Å². The lowest BCUT2D eigenvalue weighted by Gasteiger charge is -2.14. The number of amides is 2. The summed E-state index contributed by atoms with van der Waals surface area (Å²) >= 11 is 0. The third-order valence-corrected chi connectivity index (χ3v) is 4.97. The number of carbonyl (C=O) groups excluding carboxylic acids is 3. The van der Waals surface area contributed by atoms with Crippen molar-refractivity contribution >= 4 is 29.2 Å². The van der Waals surface area contributed by atoms with Gasteiger partial charge in [-0.2, -0.15) is 0 Å². The lowest BCUT2D eigenvalue weighted by molar-refractivity contribution is -0.147. The maximum Gasteiger partial charge on any atom is 0.306 e. The van der Waals surface area contributed by atoms with Crippen molar-refractivity contribution in [3.8, 4) is 0 Å². The Morgan fingerprint density at radius 2 is 1.50 bits per heavy atom. The molecule has 0 heterocycles. The standard InChI is InChI=1S/C24H30N2O4/c1-5-18-8-7-9-19(6-2)24(18)26-22(28)15-30-23(29)13-12-21(27)25-20-11-10-16(3)17(4)14-20/h7-11,14H,5-6,12-13,15H2,1-4H3,(H,25,27)(H,26,28). The Kier molecular flexibility index (Phi) is 8.59. The van der Waals surface area contributed by atoms with Crippen LogP contribution in [0.5, 0.6) is 0 Å². The minimum absolute atomic E-state index is 0.00791. The number of hydrogen-bond acceptors (Lipinski definition) is 4. The number of hydrogen-bond donors (Lipinski definition) is 2. The summed E-state index contributed by atoms with van der Waals surface area (Å²) in [5.41, 5.74) is 5.78. The van der Waals surface area contributed by atoms with Gasteiger partial charge in [0.05, 0.1) is 6.42 Å². The average molecular weight is 411 g/mol. The van der Waals surface area contributed by atoms with Gasteiger partial charge in [0.2, 0.25) is 5.91 Å². The van der Waals surface area contributed by atoms with Gasteiger partial charge in [-0.15, -0.1) is 0 Å². The molecule has 2 aromatic carbocycles. The molecule has 0 aliphatic rings. The minimum Gasteiger partial charge on any atom is -0.456 e. The van der Waals surface area contributed by atoms with Gasteiger partial charge in [0.25, 0.3) is 5.91 Å². The summed E-state index contributed by atoms with van der Waals surface area (Å²) in [5.74, 6) is -1.25. The van der Waals surface area contributed by atoms with Crippen LogP contribution in [0.25, 0.3) is 0 Å². The Bertz CT molecular complexity index is 899. The second kappa shape index (κ2) is 11.1. The van der Waals surface area contributed by atoms with Crippen LogP contribution in [0.2, 0.25) is 0 Å². The molecule has 2 aromatic rings. The Balaban J connectivity index is 1.78. The molecule has 160 valence electrons. The first-order chi connectivity index (χ1) is 14.3. The molecule has 0 saturated heterocycles. The summed E-state index contributed by atoms with van der Waals surface area (Å²) in [6.07, 6.45) is 1.49. The van der Waals surface area contributed by atoms with Crippen molar-refractivity contribution in [3.63, 3.8) is 0 Å². The molecule has 0 unspecified atom stereocenters. The average Bonchev–Trinajstić information content (AvgIpc) is 2.73. The van der Waals surface area contributed by atoms with Gasteiger partial charge < -0.3 is 15.4 Å². The Labute approximate surface area is 178 Å². The number of benzene rings is 2. The van der Waals surface area contributed by atoms with Crippen LogP contribution < -0.4 is 10.6 Å². The van der Waals surface area contributed by atoms with E-state index in [-0.39, 0.29) is 25.4 Å². The third-order valence-electron chi connectivity index (χ3n) is 4.97. The summed E-state index contributed by atoms with van der Waals surface area (Å²) in [6, 6.07) is 11.5. The highest BCUT2D eigenvalue weighted by molar-refractivity contribution is 5.95. The molecule has 2 amide bonds. The van der Waals surface area contributed by atoms with Crippen LogP contribution in [0.4, 0.5) is 11.4 Å². The zero-order chi connectivity index (χ0) is 22.1. The van der Waals surface area contributed by atoms with E-state index in [1.165, 1.54) is 0 Å². The minimum atomic E-state index is -0.583. The molecule has 0 aliphatic carbocycles. The van der Waals surface area contributed by atoms with Crippen molar-refractivity contribution in [2.24, 2.45) is 0 Å². The number of esters is 1. The summed E-state index contributed by atoms with van der Waals surface area (Å²) in [6.45, 7) is 7.63. The highest BCUT2D eigenvalue weighted by Gasteiger charge is 2.13. The van der Waals surface area contributed by atoms with Gasteiger partial charge in [0.1, 0.15) is 0 Å². The lowest BCUT2D eigenvalue weighted by atomic mass is 10.0. The van der Waals surface area contributed by atoms with Crippen LogP contribution in [0.1, 0.15) is 48.9 Å². The van der Waals surface area contributed by atoms with Crippen LogP contribution in [0.15, 0.2) is 36.4 Å². The quantitative estimate of drug-likeness (QED) is 0.603. The van der Waals surface area contributed by atoms with Gasteiger partial charge in [-0.1, -0.05) is 38.1 Å². The fourth-order valence-corrected chi connectivity index (χ4v) is 3.06. The topological polar surface area (TPSA) is 84.5 Å². The first kappa shape index (κ1) is 23.1. The van der Waals surface area contributed by atoms with E-state index in [4.69, 9.17) is 4.74 Å². The maximum absolute atomic E-state index is 12.2. The highest BCUT2D eigenvalue weighted by atomic mass is 16.5. The summed E-state index contributed by atoms with van der Waals surface area (Å²) in [7, 11) is 0. The lowest BCUT2D eigenvalue weighted by Crippen LogP contribution is -2.23. The normalized spacial score (nSPS) is 10.4. The van der Waals surface area contributed by atoms with Crippen molar-refractivity contribution in [3.05, 3.63) is 58.7 Å². The van der Waals surface area contributed by atoms with Crippen molar-refractivity contribution in [2.75, 3.05) is 17.2 Å². The van der Waals surface area contributed by atoms with E-state index in [9.17, 15) is 14.4 Å². The van der Waals surface area contributed by atoms with Crippen LogP contribution >= 0.6 is 0 Å². The molecular weight excluding hydrogens is 380 g/mol. The summed E-state index contributed by atoms with van der Waals surface area (Å²) in [4.78, 5) is 36.2. The van der Waals surface area contributed by atoms with E-state index in [1.807, 2.05) is 64.1 Å². The molecule has 6 nitrogen and oxygen atoms in total. The molecular formula is C24H30N2O4. The molecule has 0 fully saturated rings. The zero-order valence-corrected chi connectivity index (χ0v) is 18.1. The Hall–Kier alpha value is -3.15. The van der Waals surface area contributed by atoms with E-state index in [0.29, 0.717) is 5.69 Å². The number of ether oxygens (including phenoxy) is 1. The van der Waals surface area contributed by atoms with E-state index in [2.05, 4.69) is 10.6 Å². The molecule has 6 heteroatoms. The smallest absolute Gasteiger partial charge is 0.306 e. The predicted octanol–water partition coefficient (Wildman–Crippen LogP) is 4.33. The first-order valence-corrected chi connectivity index (χ1v) is 10.3. The maximum atomic E-state index is 12.2. The number of rotatable bonds is 9. The molecule has 2 N–H and O–H groups in total. The van der Waals surface area contributed by atoms with Crippen LogP contribution in [-0.4, -0.2) is 24.4 Å². The van der Waals surface area contributed by atoms with Crippen LogP contribution in [-0.2, 0) is 32.0 Å². The predicted molar refractivity (Wildman–Crippen MR) is 119 cm³/mol. The number of nitrogens with one attached hydrogen (secondary N) is 2. The van der Waals surface area contributed by atoms with Gasteiger partial charge in [0, 0.05) is 17.8 Å². The SMILES string of the molecule is CCc1cccc(CC)c1NC(=O)COC(=O)CCC(=O)Nc1ccc(C)c(C)c1. The van der Waals surface area contributed by atoms with Gasteiger partial charge in [-0.3, -0.25) is 14.4 Å². The molecule has 0 aliphatic heterocycles. The van der Waals surface area contributed by atoms with Crippen molar-refractivity contribution in [1.82, 2.24) is 0 Å². The monoisotopic (exact) mass is 410 g/mol.